The maximum absolute atomic E-state index is 13.4. The van der Waals surface area contributed by atoms with Gasteiger partial charge in [0.25, 0.3) is 0 Å². The molecule has 0 fully saturated rings. The molecule has 1 heterocycles. The second-order valence-electron chi connectivity index (χ2n) is 5.84. The second-order valence-corrected chi connectivity index (χ2v) is 5.84. The van der Waals surface area contributed by atoms with Crippen molar-refractivity contribution >= 4 is 0 Å². The number of aliphatic hydroxyl groups excluding tert-OH is 1. The van der Waals surface area contributed by atoms with Crippen molar-refractivity contribution in [1.29, 1.82) is 0 Å². The zero-order valence-corrected chi connectivity index (χ0v) is 13.0. The van der Waals surface area contributed by atoms with Crippen molar-refractivity contribution in [3.63, 3.8) is 0 Å². The Balaban J connectivity index is 1.73. The van der Waals surface area contributed by atoms with Crippen molar-refractivity contribution < 1.29 is 19.0 Å². The topological polar surface area (TPSA) is 41.9 Å². The number of aliphatic hydroxyl groups is 1. The minimum absolute atomic E-state index is 0.248. The number of ether oxygens (including phenoxy) is 2. The fourth-order valence-corrected chi connectivity index (χ4v) is 2.75. The van der Waals surface area contributed by atoms with Crippen molar-refractivity contribution in [3.8, 4) is 11.5 Å². The Morgan fingerprint density at radius 2 is 1.83 bits per heavy atom. The van der Waals surface area contributed by atoms with Gasteiger partial charge in [-0.15, -0.1) is 0 Å². The van der Waals surface area contributed by atoms with Gasteiger partial charge in [0, 0.05) is 19.6 Å². The quantitative estimate of drug-likeness (QED) is 0.889. The summed E-state index contributed by atoms with van der Waals surface area (Å²) >= 11 is 0. The van der Waals surface area contributed by atoms with Gasteiger partial charge in [0.15, 0.2) is 11.5 Å². The van der Waals surface area contributed by atoms with E-state index in [1.807, 2.05) is 24.3 Å². The van der Waals surface area contributed by atoms with E-state index in [-0.39, 0.29) is 12.6 Å². The molecule has 0 aliphatic carbocycles. The Bertz CT molecular complexity index is 675. The van der Waals surface area contributed by atoms with Crippen LogP contribution in [0, 0.1) is 5.82 Å². The van der Waals surface area contributed by atoms with Crippen LogP contribution in [-0.2, 0) is 13.1 Å². The van der Waals surface area contributed by atoms with E-state index in [0.717, 1.165) is 22.6 Å². The average molecular weight is 317 g/mol. The van der Waals surface area contributed by atoms with Crippen molar-refractivity contribution in [2.24, 2.45) is 0 Å². The molecule has 0 spiro atoms. The highest BCUT2D eigenvalue weighted by Gasteiger charge is 2.16. The molecule has 2 aromatic carbocycles. The molecule has 0 bridgehead atoms. The lowest BCUT2D eigenvalue weighted by atomic mass is 10.1. The summed E-state index contributed by atoms with van der Waals surface area (Å²) in [7, 11) is 0. The van der Waals surface area contributed by atoms with E-state index in [0.29, 0.717) is 19.6 Å². The molecule has 1 aliphatic heterocycles. The van der Waals surface area contributed by atoms with E-state index < -0.39 is 6.10 Å². The van der Waals surface area contributed by atoms with Gasteiger partial charge in [-0.3, -0.25) is 4.90 Å². The summed E-state index contributed by atoms with van der Waals surface area (Å²) in [4.78, 5) is 2.08. The molecule has 0 aromatic heterocycles. The predicted molar refractivity (Wildman–Crippen MR) is 84.8 cm³/mol. The third-order valence-electron chi connectivity index (χ3n) is 3.66. The van der Waals surface area contributed by atoms with Gasteiger partial charge >= 0.3 is 0 Å². The molecule has 0 amide bonds. The molecule has 1 aliphatic rings. The molecule has 5 heteroatoms. The van der Waals surface area contributed by atoms with Crippen LogP contribution in [0.2, 0.25) is 0 Å². The van der Waals surface area contributed by atoms with Crippen molar-refractivity contribution in [2.45, 2.75) is 26.1 Å². The molecular weight excluding hydrogens is 297 g/mol. The highest BCUT2D eigenvalue weighted by Crippen LogP contribution is 2.32. The summed E-state index contributed by atoms with van der Waals surface area (Å²) < 4.78 is 24.1. The second kappa shape index (κ2) is 6.98. The van der Waals surface area contributed by atoms with E-state index in [1.165, 1.54) is 12.1 Å². The lowest BCUT2D eigenvalue weighted by Crippen LogP contribution is -2.30. The molecule has 0 saturated heterocycles. The van der Waals surface area contributed by atoms with Crippen LogP contribution >= 0.6 is 0 Å². The maximum Gasteiger partial charge on any atom is 0.231 e. The molecular formula is C18H20FNO3. The van der Waals surface area contributed by atoms with Crippen LogP contribution in [0.15, 0.2) is 42.5 Å². The van der Waals surface area contributed by atoms with Crippen LogP contribution in [0.25, 0.3) is 0 Å². The summed E-state index contributed by atoms with van der Waals surface area (Å²) in [6.07, 6.45) is -0.461. The van der Waals surface area contributed by atoms with Gasteiger partial charge in [0.1, 0.15) is 5.82 Å². The Hall–Kier alpha value is -2.11. The first-order valence-electron chi connectivity index (χ1n) is 7.63. The predicted octanol–water partition coefficient (Wildman–Crippen LogP) is 2.94. The van der Waals surface area contributed by atoms with Crippen molar-refractivity contribution in [2.75, 3.05) is 13.3 Å². The van der Waals surface area contributed by atoms with Crippen LogP contribution in [0.5, 0.6) is 11.5 Å². The largest absolute Gasteiger partial charge is 0.454 e. The zero-order chi connectivity index (χ0) is 16.2. The molecule has 4 nitrogen and oxygen atoms in total. The fraction of sp³-hybridized carbons (Fsp3) is 0.333. The summed E-state index contributed by atoms with van der Waals surface area (Å²) in [6, 6.07) is 12.4. The summed E-state index contributed by atoms with van der Waals surface area (Å²) in [5.74, 6) is 1.24. The molecule has 0 saturated carbocycles. The number of benzene rings is 2. The van der Waals surface area contributed by atoms with Crippen LogP contribution in [0.4, 0.5) is 4.39 Å². The van der Waals surface area contributed by atoms with Gasteiger partial charge in [0.05, 0.1) is 6.10 Å². The van der Waals surface area contributed by atoms with Gasteiger partial charge in [-0.1, -0.05) is 18.2 Å². The fourth-order valence-electron chi connectivity index (χ4n) is 2.75. The number of nitrogens with zero attached hydrogens (tertiary/aromatic N) is 1. The van der Waals surface area contributed by atoms with Crippen LogP contribution < -0.4 is 9.47 Å². The third kappa shape index (κ3) is 4.21. The molecule has 1 atom stereocenters. The van der Waals surface area contributed by atoms with Gasteiger partial charge in [-0.2, -0.15) is 0 Å². The van der Waals surface area contributed by atoms with E-state index in [2.05, 4.69) is 4.90 Å². The minimum Gasteiger partial charge on any atom is -0.454 e. The number of hydrogen-bond acceptors (Lipinski definition) is 4. The SMILES string of the molecule is CC(O)CN(Cc1cccc(F)c1)Cc1ccc2c(c1)OCO2. The maximum atomic E-state index is 13.4. The van der Waals surface area contributed by atoms with E-state index in [9.17, 15) is 9.50 Å². The highest BCUT2D eigenvalue weighted by atomic mass is 19.1. The number of rotatable bonds is 6. The third-order valence-corrected chi connectivity index (χ3v) is 3.66. The molecule has 2 aromatic rings. The molecule has 3 rings (SSSR count). The number of halogens is 1. The number of fused-ring (bicyclic) bond motifs is 1. The number of hydrogen-bond donors (Lipinski definition) is 1. The standard InChI is InChI=1S/C18H20FNO3/c1-13(21)9-20(10-14-3-2-4-16(19)7-14)11-15-5-6-17-18(8-15)23-12-22-17/h2-8,13,21H,9-12H2,1H3. The van der Waals surface area contributed by atoms with Crippen LogP contribution in [-0.4, -0.2) is 29.4 Å². The average Bonchev–Trinajstić information content (AvgIpc) is 2.94. The molecule has 0 radical (unpaired) electrons. The Morgan fingerprint density at radius 3 is 2.57 bits per heavy atom. The van der Waals surface area contributed by atoms with Gasteiger partial charge in [0.2, 0.25) is 6.79 Å². The van der Waals surface area contributed by atoms with Crippen molar-refractivity contribution in [3.05, 3.63) is 59.4 Å². The first kappa shape index (κ1) is 15.8. The van der Waals surface area contributed by atoms with Crippen LogP contribution in [0.3, 0.4) is 0 Å². The lowest BCUT2D eigenvalue weighted by Gasteiger charge is -2.24. The highest BCUT2D eigenvalue weighted by molar-refractivity contribution is 5.44. The monoisotopic (exact) mass is 317 g/mol. The first-order chi connectivity index (χ1) is 11.1. The van der Waals surface area contributed by atoms with E-state index in [4.69, 9.17) is 9.47 Å². The van der Waals surface area contributed by atoms with Crippen molar-refractivity contribution in [1.82, 2.24) is 4.90 Å². The first-order valence-corrected chi connectivity index (χ1v) is 7.63. The molecule has 1 unspecified atom stereocenters. The molecule has 122 valence electrons. The Morgan fingerprint density at radius 1 is 1.09 bits per heavy atom. The lowest BCUT2D eigenvalue weighted by molar-refractivity contribution is 0.118. The van der Waals surface area contributed by atoms with E-state index in [1.54, 1.807) is 13.0 Å². The summed E-state index contributed by atoms with van der Waals surface area (Å²) in [5.41, 5.74) is 1.94. The Kier molecular flexibility index (Phi) is 4.79. The normalized spacial score (nSPS) is 14.3. The van der Waals surface area contributed by atoms with Gasteiger partial charge in [-0.25, -0.2) is 4.39 Å². The van der Waals surface area contributed by atoms with Crippen LogP contribution in [0.1, 0.15) is 18.1 Å². The molecule has 23 heavy (non-hydrogen) atoms. The van der Waals surface area contributed by atoms with Gasteiger partial charge in [-0.05, 0) is 42.3 Å². The molecule has 1 N–H and O–H groups in total. The Labute approximate surface area is 135 Å². The summed E-state index contributed by atoms with van der Waals surface area (Å²) in [5, 5.41) is 9.73. The zero-order valence-electron chi connectivity index (χ0n) is 13.0. The summed E-state index contributed by atoms with van der Waals surface area (Å²) in [6.45, 7) is 3.71. The minimum atomic E-state index is -0.461. The smallest absolute Gasteiger partial charge is 0.231 e. The van der Waals surface area contributed by atoms with Gasteiger partial charge < -0.3 is 14.6 Å². The van der Waals surface area contributed by atoms with E-state index >= 15 is 0 Å².